The minimum atomic E-state index is -0.399. The van der Waals surface area contributed by atoms with Crippen molar-refractivity contribution in [3.8, 4) is 0 Å². The normalized spacial score (nSPS) is 17.8. The molecule has 0 radical (unpaired) electrons. The minimum Gasteiger partial charge on any atom is -0.368 e. The van der Waals surface area contributed by atoms with Gasteiger partial charge in [0.05, 0.1) is 6.54 Å². The Kier molecular flexibility index (Phi) is 4.74. The quantitative estimate of drug-likeness (QED) is 0.876. The van der Waals surface area contributed by atoms with Crippen molar-refractivity contribution >= 4 is 17.5 Å². The van der Waals surface area contributed by atoms with Crippen molar-refractivity contribution in [3.63, 3.8) is 0 Å². The Balaban J connectivity index is 1.81. The van der Waals surface area contributed by atoms with Crippen LogP contribution in [0.1, 0.15) is 24.0 Å². The summed E-state index contributed by atoms with van der Waals surface area (Å²) in [6, 6.07) is 5.80. The number of rotatable bonds is 4. The van der Waals surface area contributed by atoms with Gasteiger partial charge in [0.2, 0.25) is 11.8 Å². The molecule has 1 heterocycles. The van der Waals surface area contributed by atoms with Gasteiger partial charge >= 0.3 is 0 Å². The molecule has 0 bridgehead atoms. The highest BCUT2D eigenvalue weighted by atomic mass is 16.5. The maximum absolute atomic E-state index is 11.8. The molecule has 1 unspecified atom stereocenters. The van der Waals surface area contributed by atoms with Gasteiger partial charge in [0.1, 0.15) is 6.10 Å². The molecule has 0 spiro atoms. The van der Waals surface area contributed by atoms with Crippen LogP contribution >= 0.6 is 0 Å². The second-order valence-corrected chi connectivity index (χ2v) is 5.09. The lowest BCUT2D eigenvalue weighted by Gasteiger charge is -2.12. The van der Waals surface area contributed by atoms with E-state index >= 15 is 0 Å². The molecular weight excluding hydrogens is 256 g/mol. The summed E-state index contributed by atoms with van der Waals surface area (Å²) in [5.41, 5.74) is 2.92. The van der Waals surface area contributed by atoms with Crippen LogP contribution in [0.2, 0.25) is 0 Å². The van der Waals surface area contributed by atoms with Crippen LogP contribution in [0.15, 0.2) is 18.2 Å². The van der Waals surface area contributed by atoms with Crippen molar-refractivity contribution in [2.24, 2.45) is 0 Å². The van der Waals surface area contributed by atoms with Crippen molar-refractivity contribution in [1.29, 1.82) is 0 Å². The first kappa shape index (κ1) is 14.5. The SMILES string of the molecule is Cc1ccc(NC(=O)CNC(=O)C2CCCO2)c(C)c1. The summed E-state index contributed by atoms with van der Waals surface area (Å²) in [6.07, 6.45) is 1.22. The zero-order valence-corrected chi connectivity index (χ0v) is 11.9. The Bertz CT molecular complexity index is 508. The Morgan fingerprint density at radius 3 is 2.80 bits per heavy atom. The average Bonchev–Trinajstić information content (AvgIpc) is 2.93. The van der Waals surface area contributed by atoms with Crippen molar-refractivity contribution in [1.82, 2.24) is 5.32 Å². The van der Waals surface area contributed by atoms with Gasteiger partial charge in [0.25, 0.3) is 0 Å². The molecule has 0 aliphatic carbocycles. The molecule has 1 aliphatic heterocycles. The number of carbonyl (C=O) groups excluding carboxylic acids is 2. The molecule has 0 aromatic heterocycles. The highest BCUT2D eigenvalue weighted by molar-refractivity contribution is 5.95. The van der Waals surface area contributed by atoms with Crippen molar-refractivity contribution < 1.29 is 14.3 Å². The molecule has 1 atom stereocenters. The average molecular weight is 276 g/mol. The molecule has 1 fully saturated rings. The van der Waals surface area contributed by atoms with Crippen LogP contribution in [0, 0.1) is 13.8 Å². The Hall–Kier alpha value is -1.88. The topological polar surface area (TPSA) is 67.4 Å². The number of nitrogens with one attached hydrogen (secondary N) is 2. The Morgan fingerprint density at radius 1 is 1.35 bits per heavy atom. The van der Waals surface area contributed by atoms with Gasteiger partial charge in [0.15, 0.2) is 0 Å². The number of hydrogen-bond donors (Lipinski definition) is 2. The van der Waals surface area contributed by atoms with E-state index in [2.05, 4.69) is 10.6 Å². The van der Waals surface area contributed by atoms with Crippen LogP contribution in [0.4, 0.5) is 5.69 Å². The fourth-order valence-corrected chi connectivity index (χ4v) is 2.21. The van der Waals surface area contributed by atoms with E-state index in [9.17, 15) is 9.59 Å². The predicted molar refractivity (Wildman–Crippen MR) is 76.5 cm³/mol. The highest BCUT2D eigenvalue weighted by Gasteiger charge is 2.23. The van der Waals surface area contributed by atoms with Gasteiger partial charge in [-0.1, -0.05) is 17.7 Å². The summed E-state index contributed by atoms with van der Waals surface area (Å²) in [7, 11) is 0. The first-order valence-electron chi connectivity index (χ1n) is 6.82. The van der Waals surface area contributed by atoms with Gasteiger partial charge < -0.3 is 15.4 Å². The second-order valence-electron chi connectivity index (χ2n) is 5.09. The largest absolute Gasteiger partial charge is 0.368 e. The number of ether oxygens (including phenoxy) is 1. The standard InChI is InChI=1S/C15H20N2O3/c1-10-5-6-12(11(2)8-10)17-14(18)9-16-15(19)13-4-3-7-20-13/h5-6,8,13H,3-4,7,9H2,1-2H3,(H,16,19)(H,17,18). The van der Waals surface area contributed by atoms with Crippen LogP contribution in [0.5, 0.6) is 0 Å². The summed E-state index contributed by atoms with van der Waals surface area (Å²) in [5.74, 6) is -0.443. The third-order valence-corrected chi connectivity index (χ3v) is 3.30. The van der Waals surface area contributed by atoms with Gasteiger partial charge in [-0.3, -0.25) is 9.59 Å². The molecule has 0 saturated carbocycles. The molecule has 1 saturated heterocycles. The molecule has 2 rings (SSSR count). The van der Waals surface area contributed by atoms with E-state index in [-0.39, 0.29) is 18.4 Å². The van der Waals surface area contributed by atoms with Crippen molar-refractivity contribution in [3.05, 3.63) is 29.3 Å². The summed E-state index contributed by atoms with van der Waals surface area (Å²) >= 11 is 0. The van der Waals surface area contributed by atoms with Gasteiger partial charge in [0, 0.05) is 12.3 Å². The molecule has 1 aromatic carbocycles. The number of aryl methyl sites for hydroxylation is 2. The monoisotopic (exact) mass is 276 g/mol. The second kappa shape index (κ2) is 6.52. The van der Waals surface area contributed by atoms with Crippen LogP contribution in [-0.4, -0.2) is 31.1 Å². The fraction of sp³-hybridized carbons (Fsp3) is 0.467. The van der Waals surface area contributed by atoms with Gasteiger partial charge in [-0.25, -0.2) is 0 Å². The fourth-order valence-electron chi connectivity index (χ4n) is 2.21. The summed E-state index contributed by atoms with van der Waals surface area (Å²) < 4.78 is 5.25. The van der Waals surface area contributed by atoms with E-state index < -0.39 is 6.10 Å². The van der Waals surface area contributed by atoms with E-state index in [4.69, 9.17) is 4.74 Å². The Labute approximate surface area is 118 Å². The Morgan fingerprint density at radius 2 is 2.15 bits per heavy atom. The van der Waals surface area contributed by atoms with E-state index in [1.54, 1.807) is 0 Å². The maximum atomic E-state index is 11.8. The molecule has 2 N–H and O–H groups in total. The molecule has 2 amide bonds. The van der Waals surface area contributed by atoms with E-state index in [0.29, 0.717) is 6.61 Å². The van der Waals surface area contributed by atoms with Crippen LogP contribution < -0.4 is 10.6 Å². The van der Waals surface area contributed by atoms with Crippen LogP contribution in [-0.2, 0) is 14.3 Å². The van der Waals surface area contributed by atoms with E-state index in [0.717, 1.165) is 29.7 Å². The zero-order valence-electron chi connectivity index (χ0n) is 11.9. The van der Waals surface area contributed by atoms with Gasteiger partial charge in [-0.2, -0.15) is 0 Å². The lowest BCUT2D eigenvalue weighted by Crippen LogP contribution is -2.39. The molecule has 1 aliphatic rings. The third kappa shape index (κ3) is 3.81. The highest BCUT2D eigenvalue weighted by Crippen LogP contribution is 2.15. The maximum Gasteiger partial charge on any atom is 0.249 e. The first-order valence-corrected chi connectivity index (χ1v) is 6.82. The lowest BCUT2D eigenvalue weighted by molar-refractivity contribution is -0.131. The predicted octanol–water partition coefficient (Wildman–Crippen LogP) is 1.54. The summed E-state index contributed by atoms with van der Waals surface area (Å²) in [6.45, 7) is 4.52. The number of hydrogen-bond acceptors (Lipinski definition) is 3. The summed E-state index contributed by atoms with van der Waals surface area (Å²) in [5, 5.41) is 5.39. The molecular formula is C15H20N2O3. The number of amides is 2. The number of benzene rings is 1. The molecule has 5 nitrogen and oxygen atoms in total. The third-order valence-electron chi connectivity index (χ3n) is 3.30. The smallest absolute Gasteiger partial charge is 0.249 e. The lowest BCUT2D eigenvalue weighted by atomic mass is 10.1. The number of carbonyl (C=O) groups is 2. The minimum absolute atomic E-state index is 0.0357. The van der Waals surface area contributed by atoms with Crippen LogP contribution in [0.25, 0.3) is 0 Å². The molecule has 1 aromatic rings. The summed E-state index contributed by atoms with van der Waals surface area (Å²) in [4.78, 5) is 23.5. The van der Waals surface area contributed by atoms with Crippen molar-refractivity contribution in [2.45, 2.75) is 32.8 Å². The van der Waals surface area contributed by atoms with Crippen LogP contribution in [0.3, 0.4) is 0 Å². The molecule has 108 valence electrons. The van der Waals surface area contributed by atoms with Crippen molar-refractivity contribution in [2.75, 3.05) is 18.5 Å². The first-order chi connectivity index (χ1) is 9.56. The molecule has 5 heteroatoms. The van der Waals surface area contributed by atoms with E-state index in [1.165, 1.54) is 0 Å². The van der Waals surface area contributed by atoms with Gasteiger partial charge in [-0.05, 0) is 38.3 Å². The molecule has 20 heavy (non-hydrogen) atoms. The number of anilines is 1. The van der Waals surface area contributed by atoms with E-state index in [1.807, 2.05) is 32.0 Å². The zero-order chi connectivity index (χ0) is 14.5. The van der Waals surface area contributed by atoms with Gasteiger partial charge in [-0.15, -0.1) is 0 Å².